The maximum Gasteiger partial charge on any atom is 0.338 e. The highest BCUT2D eigenvalue weighted by Crippen LogP contribution is 2.19. The summed E-state index contributed by atoms with van der Waals surface area (Å²) in [6, 6.07) is 11.3. The second-order valence-corrected chi connectivity index (χ2v) is 7.52. The van der Waals surface area contributed by atoms with Crippen molar-refractivity contribution in [1.29, 1.82) is 0 Å². The second kappa shape index (κ2) is 10.1. The molecule has 1 heterocycles. The zero-order valence-corrected chi connectivity index (χ0v) is 17.2. The van der Waals surface area contributed by atoms with E-state index in [1.165, 1.54) is 13.2 Å². The summed E-state index contributed by atoms with van der Waals surface area (Å²) in [5.41, 5.74) is 1.62. The maximum absolute atomic E-state index is 12.5. The topological polar surface area (TPSA) is 122 Å². The first-order chi connectivity index (χ1) is 14.9. The lowest BCUT2D eigenvalue weighted by Gasteiger charge is -2.29. The fourth-order valence-electron chi connectivity index (χ4n) is 3.47. The van der Waals surface area contributed by atoms with Crippen molar-refractivity contribution in [3.05, 3.63) is 74.8 Å². The molecule has 2 aromatic carbocycles. The Morgan fingerprint density at radius 3 is 2.35 bits per heavy atom. The molecule has 1 fully saturated rings. The lowest BCUT2D eigenvalue weighted by Crippen LogP contribution is -2.35. The van der Waals surface area contributed by atoms with Gasteiger partial charge in [0.2, 0.25) is 0 Å². The van der Waals surface area contributed by atoms with E-state index < -0.39 is 16.8 Å². The molecule has 9 heteroatoms. The van der Waals surface area contributed by atoms with Crippen LogP contribution in [0.2, 0.25) is 0 Å². The SMILES string of the molecule is COC(=O)c1cc(C(=O)NCc2ccc(CN3CCC(O)CC3)cc2)cc([N+](=O)[O-])c1. The summed E-state index contributed by atoms with van der Waals surface area (Å²) in [6.45, 7) is 2.79. The minimum Gasteiger partial charge on any atom is -0.465 e. The van der Waals surface area contributed by atoms with Crippen LogP contribution in [-0.4, -0.2) is 53.1 Å². The zero-order chi connectivity index (χ0) is 22.4. The van der Waals surface area contributed by atoms with E-state index in [2.05, 4.69) is 15.0 Å². The molecule has 0 bridgehead atoms. The third-order valence-corrected chi connectivity index (χ3v) is 5.25. The van der Waals surface area contributed by atoms with E-state index in [0.717, 1.165) is 55.7 Å². The maximum atomic E-state index is 12.5. The summed E-state index contributed by atoms with van der Waals surface area (Å²) in [4.78, 5) is 37.0. The van der Waals surface area contributed by atoms with Gasteiger partial charge < -0.3 is 15.2 Å². The Hall–Kier alpha value is -3.30. The Morgan fingerprint density at radius 1 is 1.13 bits per heavy atom. The first-order valence-corrected chi connectivity index (χ1v) is 10.00. The number of ether oxygens (including phenoxy) is 1. The monoisotopic (exact) mass is 427 g/mol. The predicted octanol–water partition coefficient (Wildman–Crippen LogP) is 2.27. The van der Waals surface area contributed by atoms with Gasteiger partial charge in [-0.1, -0.05) is 24.3 Å². The van der Waals surface area contributed by atoms with E-state index in [-0.39, 0.29) is 29.5 Å². The number of hydrogen-bond donors (Lipinski definition) is 2. The molecule has 0 aromatic heterocycles. The van der Waals surface area contributed by atoms with E-state index in [0.29, 0.717) is 0 Å². The largest absolute Gasteiger partial charge is 0.465 e. The molecule has 1 saturated heterocycles. The van der Waals surface area contributed by atoms with Gasteiger partial charge in [0.15, 0.2) is 0 Å². The Labute approximate surface area is 179 Å². The van der Waals surface area contributed by atoms with Crippen LogP contribution in [0.1, 0.15) is 44.7 Å². The van der Waals surface area contributed by atoms with Crippen LogP contribution >= 0.6 is 0 Å². The van der Waals surface area contributed by atoms with Gasteiger partial charge in [0.25, 0.3) is 11.6 Å². The molecule has 1 amide bonds. The van der Waals surface area contributed by atoms with Gasteiger partial charge in [0, 0.05) is 43.9 Å². The smallest absolute Gasteiger partial charge is 0.338 e. The molecule has 2 aromatic rings. The number of benzene rings is 2. The number of likely N-dealkylation sites (tertiary alicyclic amines) is 1. The number of piperidine rings is 1. The average molecular weight is 427 g/mol. The number of aliphatic hydroxyl groups is 1. The molecule has 0 unspecified atom stereocenters. The number of nitro benzene ring substituents is 1. The van der Waals surface area contributed by atoms with Gasteiger partial charge in [-0.25, -0.2) is 4.79 Å². The molecular formula is C22H25N3O6. The molecule has 1 aliphatic rings. The van der Waals surface area contributed by atoms with Gasteiger partial charge in [-0.2, -0.15) is 0 Å². The lowest BCUT2D eigenvalue weighted by atomic mass is 10.1. The number of esters is 1. The van der Waals surface area contributed by atoms with Crippen molar-refractivity contribution in [3.8, 4) is 0 Å². The van der Waals surface area contributed by atoms with Crippen molar-refractivity contribution in [2.45, 2.75) is 32.0 Å². The summed E-state index contributed by atoms with van der Waals surface area (Å²) in [7, 11) is 1.17. The van der Waals surface area contributed by atoms with Crippen molar-refractivity contribution in [1.82, 2.24) is 10.2 Å². The number of aliphatic hydroxyl groups excluding tert-OH is 1. The van der Waals surface area contributed by atoms with Crippen LogP contribution in [-0.2, 0) is 17.8 Å². The summed E-state index contributed by atoms with van der Waals surface area (Å²) >= 11 is 0. The van der Waals surface area contributed by atoms with Gasteiger partial charge in [0.1, 0.15) is 0 Å². The predicted molar refractivity (Wildman–Crippen MR) is 113 cm³/mol. The number of carbonyl (C=O) groups excluding carboxylic acids is 2. The second-order valence-electron chi connectivity index (χ2n) is 7.52. The van der Waals surface area contributed by atoms with Crippen molar-refractivity contribution in [2.75, 3.05) is 20.2 Å². The number of nitrogens with zero attached hydrogens (tertiary/aromatic N) is 2. The number of hydrogen-bond acceptors (Lipinski definition) is 7. The van der Waals surface area contributed by atoms with E-state index in [1.807, 2.05) is 24.3 Å². The summed E-state index contributed by atoms with van der Waals surface area (Å²) in [5, 5.41) is 23.4. The summed E-state index contributed by atoms with van der Waals surface area (Å²) in [6.07, 6.45) is 1.39. The van der Waals surface area contributed by atoms with Gasteiger partial charge >= 0.3 is 5.97 Å². The number of rotatable bonds is 7. The quantitative estimate of drug-likeness (QED) is 0.395. The van der Waals surface area contributed by atoms with Crippen molar-refractivity contribution >= 4 is 17.6 Å². The average Bonchev–Trinajstić information content (AvgIpc) is 2.79. The van der Waals surface area contributed by atoms with E-state index >= 15 is 0 Å². The van der Waals surface area contributed by atoms with E-state index in [1.54, 1.807) is 0 Å². The van der Waals surface area contributed by atoms with Gasteiger partial charge in [-0.05, 0) is 30.0 Å². The molecule has 0 radical (unpaired) electrons. The number of amides is 1. The minimum atomic E-state index is -0.753. The number of non-ortho nitro benzene ring substituents is 1. The molecule has 0 atom stereocenters. The normalized spacial score (nSPS) is 14.8. The Bertz CT molecular complexity index is 952. The number of methoxy groups -OCH3 is 1. The highest BCUT2D eigenvalue weighted by atomic mass is 16.6. The third kappa shape index (κ3) is 6.09. The highest BCUT2D eigenvalue weighted by molar-refractivity contribution is 5.98. The molecule has 164 valence electrons. The molecule has 31 heavy (non-hydrogen) atoms. The fraction of sp³-hybridized carbons (Fsp3) is 0.364. The molecular weight excluding hydrogens is 402 g/mol. The summed E-state index contributed by atoms with van der Waals surface area (Å²) in [5.74, 6) is -1.28. The standard InChI is InChI=1S/C22H25N3O6/c1-31-22(28)18-10-17(11-19(12-18)25(29)30)21(27)23-13-15-2-4-16(5-3-15)14-24-8-6-20(26)7-9-24/h2-5,10-12,20,26H,6-9,13-14H2,1H3,(H,23,27). The van der Waals surface area contributed by atoms with Crippen LogP contribution in [0.5, 0.6) is 0 Å². The van der Waals surface area contributed by atoms with Crippen molar-refractivity contribution in [3.63, 3.8) is 0 Å². The molecule has 0 spiro atoms. The fourth-order valence-corrected chi connectivity index (χ4v) is 3.47. The van der Waals surface area contributed by atoms with Crippen LogP contribution in [0, 0.1) is 10.1 Å². The lowest BCUT2D eigenvalue weighted by molar-refractivity contribution is -0.384. The molecule has 3 rings (SSSR count). The van der Waals surface area contributed by atoms with E-state index in [9.17, 15) is 24.8 Å². The van der Waals surface area contributed by atoms with Crippen LogP contribution < -0.4 is 5.32 Å². The van der Waals surface area contributed by atoms with Gasteiger partial charge in [0.05, 0.1) is 23.7 Å². The Balaban J connectivity index is 1.60. The zero-order valence-electron chi connectivity index (χ0n) is 17.2. The minimum absolute atomic E-state index is 0.0125. The van der Waals surface area contributed by atoms with Gasteiger partial charge in [-0.15, -0.1) is 0 Å². The Kier molecular flexibility index (Phi) is 7.32. The Morgan fingerprint density at radius 2 is 1.74 bits per heavy atom. The van der Waals surface area contributed by atoms with Crippen molar-refractivity contribution in [2.24, 2.45) is 0 Å². The number of nitro groups is 1. The number of carbonyl (C=O) groups is 2. The van der Waals surface area contributed by atoms with Crippen molar-refractivity contribution < 1.29 is 24.4 Å². The highest BCUT2D eigenvalue weighted by Gasteiger charge is 2.19. The molecule has 0 saturated carbocycles. The van der Waals surface area contributed by atoms with Crippen LogP contribution in [0.3, 0.4) is 0 Å². The van der Waals surface area contributed by atoms with Crippen LogP contribution in [0.15, 0.2) is 42.5 Å². The first kappa shape index (κ1) is 22.4. The molecule has 9 nitrogen and oxygen atoms in total. The molecule has 2 N–H and O–H groups in total. The van der Waals surface area contributed by atoms with Crippen LogP contribution in [0.4, 0.5) is 5.69 Å². The van der Waals surface area contributed by atoms with Crippen LogP contribution in [0.25, 0.3) is 0 Å². The third-order valence-electron chi connectivity index (χ3n) is 5.25. The molecule has 1 aliphatic heterocycles. The summed E-state index contributed by atoms with van der Waals surface area (Å²) < 4.78 is 4.60. The molecule has 0 aliphatic carbocycles. The number of nitrogens with one attached hydrogen (secondary N) is 1. The van der Waals surface area contributed by atoms with E-state index in [4.69, 9.17) is 0 Å². The first-order valence-electron chi connectivity index (χ1n) is 10.00. The van der Waals surface area contributed by atoms with Gasteiger partial charge in [-0.3, -0.25) is 19.8 Å².